The smallest absolute Gasteiger partial charge is 0.323 e. The average molecular weight is 591 g/mol. The summed E-state index contributed by atoms with van der Waals surface area (Å²) in [7, 11) is 1.59. The van der Waals surface area contributed by atoms with Crippen molar-refractivity contribution >= 4 is 28.4 Å². The van der Waals surface area contributed by atoms with Crippen molar-refractivity contribution in [1.29, 1.82) is 0 Å². The minimum absolute atomic E-state index is 0.166. The summed E-state index contributed by atoms with van der Waals surface area (Å²) in [6.45, 7) is 10.5. The van der Waals surface area contributed by atoms with Gasteiger partial charge in [0, 0.05) is 48.2 Å². The number of imidazole rings is 1. The standard InChI is InChI=1S/C35H38N6O3/c1-6-7-8-19-41-32-26(13-10-16-38-32)30(24-11-9-12-25(22-24)44-5)31(33(41)42)40-34(43)39-28-20-23(21-29-36-17-18-37-29)14-15-27(28)35(2,3)4/h6,9-18,20,22H,1,7-8,19,21H2,2-5H3,(H,36,37)(H2,39,40,43). The molecule has 0 radical (unpaired) electrons. The molecule has 0 saturated carbocycles. The number of ether oxygens (including phenoxy) is 1. The number of hydrogen-bond donors (Lipinski definition) is 3. The summed E-state index contributed by atoms with van der Waals surface area (Å²) in [6, 6.07) is 16.7. The number of hydrogen-bond acceptors (Lipinski definition) is 5. The molecular weight excluding hydrogens is 552 g/mol. The maximum Gasteiger partial charge on any atom is 0.323 e. The highest BCUT2D eigenvalue weighted by Gasteiger charge is 2.23. The second-order valence-electron chi connectivity index (χ2n) is 11.7. The number of anilines is 2. The fraction of sp³-hybridized carbons (Fsp3) is 0.257. The Morgan fingerprint density at radius 1 is 1.07 bits per heavy atom. The highest BCUT2D eigenvalue weighted by molar-refractivity contribution is 6.07. The van der Waals surface area contributed by atoms with Crippen molar-refractivity contribution in [2.24, 2.45) is 0 Å². The lowest BCUT2D eigenvalue weighted by molar-refractivity contribution is 0.262. The van der Waals surface area contributed by atoms with E-state index in [0.717, 1.165) is 34.3 Å². The number of carbonyl (C=O) groups is 1. The van der Waals surface area contributed by atoms with Gasteiger partial charge in [0.25, 0.3) is 5.56 Å². The number of carbonyl (C=O) groups excluding carboxylic acids is 1. The zero-order valence-corrected chi connectivity index (χ0v) is 25.6. The van der Waals surface area contributed by atoms with Crippen LogP contribution in [0.3, 0.4) is 0 Å². The summed E-state index contributed by atoms with van der Waals surface area (Å²) in [6.07, 6.45) is 9.03. The predicted octanol–water partition coefficient (Wildman–Crippen LogP) is 7.29. The average Bonchev–Trinajstić information content (AvgIpc) is 3.51. The Balaban J connectivity index is 1.60. The van der Waals surface area contributed by atoms with E-state index in [1.165, 1.54) is 0 Å². The molecule has 0 aliphatic heterocycles. The molecule has 5 aromatic rings. The number of nitrogens with zero attached hydrogens (tertiary/aromatic N) is 3. The fourth-order valence-electron chi connectivity index (χ4n) is 5.39. The van der Waals surface area contributed by atoms with Crippen molar-refractivity contribution in [3.63, 3.8) is 0 Å². The number of aryl methyl sites for hydroxylation is 1. The second-order valence-corrected chi connectivity index (χ2v) is 11.7. The van der Waals surface area contributed by atoms with Crippen molar-refractivity contribution < 1.29 is 9.53 Å². The molecule has 0 saturated heterocycles. The number of unbranched alkanes of at least 4 members (excludes halogenated alkanes) is 1. The lowest BCUT2D eigenvalue weighted by atomic mass is 9.85. The van der Waals surface area contributed by atoms with Crippen molar-refractivity contribution in [1.82, 2.24) is 19.5 Å². The van der Waals surface area contributed by atoms with Gasteiger partial charge in [-0.15, -0.1) is 6.58 Å². The maximum absolute atomic E-state index is 14.2. The number of amides is 2. The summed E-state index contributed by atoms with van der Waals surface area (Å²) in [5.41, 5.74) is 4.05. The van der Waals surface area contributed by atoms with Crippen molar-refractivity contribution in [2.75, 3.05) is 17.7 Å². The number of allylic oxidation sites excluding steroid dienone is 1. The van der Waals surface area contributed by atoms with E-state index in [2.05, 4.69) is 52.9 Å². The number of pyridine rings is 2. The lowest BCUT2D eigenvalue weighted by Gasteiger charge is -2.24. The molecule has 0 aliphatic carbocycles. The van der Waals surface area contributed by atoms with Gasteiger partial charge in [0.15, 0.2) is 0 Å². The molecule has 0 bridgehead atoms. The number of aromatic amines is 1. The van der Waals surface area contributed by atoms with Crippen molar-refractivity contribution in [3.05, 3.63) is 113 Å². The Hall–Kier alpha value is -5.18. The number of methoxy groups -OCH3 is 1. The summed E-state index contributed by atoms with van der Waals surface area (Å²) < 4.78 is 7.11. The van der Waals surface area contributed by atoms with E-state index in [1.807, 2.05) is 60.7 Å². The summed E-state index contributed by atoms with van der Waals surface area (Å²) in [5.74, 6) is 1.46. The Labute approximate surface area is 257 Å². The molecule has 0 unspecified atom stereocenters. The summed E-state index contributed by atoms with van der Waals surface area (Å²) >= 11 is 0. The van der Waals surface area contributed by atoms with Gasteiger partial charge < -0.3 is 20.4 Å². The summed E-state index contributed by atoms with van der Waals surface area (Å²) in [4.78, 5) is 40.1. The van der Waals surface area contributed by atoms with Gasteiger partial charge in [0.1, 0.15) is 22.9 Å². The van der Waals surface area contributed by atoms with Crippen LogP contribution in [-0.2, 0) is 18.4 Å². The second kappa shape index (κ2) is 13.0. The Morgan fingerprint density at radius 3 is 2.64 bits per heavy atom. The molecule has 226 valence electrons. The lowest BCUT2D eigenvalue weighted by Crippen LogP contribution is -2.30. The van der Waals surface area contributed by atoms with Crippen LogP contribution in [-0.4, -0.2) is 32.7 Å². The van der Waals surface area contributed by atoms with E-state index in [-0.39, 0.29) is 16.7 Å². The molecule has 0 aliphatic rings. The first kappa shape index (κ1) is 30.3. The quantitative estimate of drug-likeness (QED) is 0.117. The number of urea groups is 1. The molecule has 2 aromatic carbocycles. The molecule has 9 heteroatoms. The van der Waals surface area contributed by atoms with E-state index in [4.69, 9.17) is 4.74 Å². The number of rotatable bonds is 10. The molecule has 44 heavy (non-hydrogen) atoms. The number of fused-ring (bicyclic) bond motifs is 1. The Kier molecular flexibility index (Phi) is 8.94. The first-order valence-electron chi connectivity index (χ1n) is 14.7. The molecule has 5 rings (SSSR count). The molecule has 3 aromatic heterocycles. The van der Waals surface area contributed by atoms with Crippen LogP contribution in [0.4, 0.5) is 16.2 Å². The van der Waals surface area contributed by atoms with Gasteiger partial charge in [0.2, 0.25) is 0 Å². The largest absolute Gasteiger partial charge is 0.497 e. The van der Waals surface area contributed by atoms with Gasteiger partial charge in [-0.3, -0.25) is 9.36 Å². The predicted molar refractivity (Wildman–Crippen MR) is 177 cm³/mol. The third-order valence-corrected chi connectivity index (χ3v) is 7.47. The maximum atomic E-state index is 14.2. The van der Waals surface area contributed by atoms with Gasteiger partial charge in [-0.05, 0) is 65.3 Å². The van der Waals surface area contributed by atoms with Crippen molar-refractivity contribution in [2.45, 2.75) is 52.0 Å². The van der Waals surface area contributed by atoms with Crippen LogP contribution in [0.2, 0.25) is 0 Å². The molecule has 0 fully saturated rings. The normalized spacial score (nSPS) is 11.4. The summed E-state index contributed by atoms with van der Waals surface area (Å²) in [5, 5.41) is 6.73. The van der Waals surface area contributed by atoms with Crippen LogP contribution < -0.4 is 20.9 Å². The first-order valence-corrected chi connectivity index (χ1v) is 14.7. The molecule has 3 heterocycles. The highest BCUT2D eigenvalue weighted by atomic mass is 16.5. The molecule has 2 amide bonds. The molecular formula is C35H38N6O3. The Bertz CT molecular complexity index is 1850. The topological polar surface area (TPSA) is 114 Å². The van der Waals surface area contributed by atoms with Crippen LogP contribution >= 0.6 is 0 Å². The molecule has 0 spiro atoms. The van der Waals surface area contributed by atoms with Crippen molar-refractivity contribution in [3.8, 4) is 16.9 Å². The van der Waals surface area contributed by atoms with E-state index in [1.54, 1.807) is 30.3 Å². The van der Waals surface area contributed by atoms with Gasteiger partial charge in [-0.25, -0.2) is 14.8 Å². The fourth-order valence-corrected chi connectivity index (χ4v) is 5.39. The molecule has 3 N–H and O–H groups in total. The minimum atomic E-state index is -0.521. The van der Waals surface area contributed by atoms with Gasteiger partial charge >= 0.3 is 6.03 Å². The SMILES string of the molecule is C=CCCCn1c(=O)c(NC(=O)Nc2cc(Cc3ncc[nH]3)ccc2C(C)(C)C)c(-c2cccc(OC)c2)c2cccnc21. The van der Waals surface area contributed by atoms with Crippen LogP contribution in [0.25, 0.3) is 22.2 Å². The van der Waals surface area contributed by atoms with E-state index < -0.39 is 6.03 Å². The molecule has 0 atom stereocenters. The minimum Gasteiger partial charge on any atom is -0.497 e. The monoisotopic (exact) mass is 590 g/mol. The van der Waals surface area contributed by atoms with E-state index >= 15 is 0 Å². The number of aromatic nitrogens is 4. The highest BCUT2D eigenvalue weighted by Crippen LogP contribution is 2.35. The van der Waals surface area contributed by atoms with Crippen LogP contribution in [0.15, 0.2) is 90.6 Å². The van der Waals surface area contributed by atoms with Crippen LogP contribution in [0, 0.1) is 0 Å². The Morgan fingerprint density at radius 2 is 1.91 bits per heavy atom. The van der Waals surface area contributed by atoms with Gasteiger partial charge in [0.05, 0.1) is 7.11 Å². The van der Waals surface area contributed by atoms with Crippen LogP contribution in [0.5, 0.6) is 5.75 Å². The number of nitrogens with one attached hydrogen (secondary N) is 3. The third kappa shape index (κ3) is 6.57. The zero-order chi connectivity index (χ0) is 31.3. The number of benzene rings is 2. The third-order valence-electron chi connectivity index (χ3n) is 7.47. The van der Waals surface area contributed by atoms with Gasteiger partial charge in [-0.2, -0.15) is 0 Å². The first-order chi connectivity index (χ1) is 21.2. The van der Waals surface area contributed by atoms with Gasteiger partial charge in [-0.1, -0.05) is 51.1 Å². The molecule has 9 nitrogen and oxygen atoms in total. The number of H-pyrrole nitrogens is 1. The zero-order valence-electron chi connectivity index (χ0n) is 25.6. The van der Waals surface area contributed by atoms with E-state index in [9.17, 15) is 9.59 Å². The van der Waals surface area contributed by atoms with Crippen LogP contribution in [0.1, 0.15) is 50.6 Å². The van der Waals surface area contributed by atoms with E-state index in [0.29, 0.717) is 42.0 Å².